The molecular weight excluding hydrogens is 248 g/mol. The molecule has 0 bridgehead atoms. The molecule has 2 heteroatoms. The first-order valence-corrected chi connectivity index (χ1v) is 6.65. The van der Waals surface area contributed by atoms with Crippen molar-refractivity contribution in [2.75, 3.05) is 0 Å². The second kappa shape index (κ2) is 4.99. The van der Waals surface area contributed by atoms with Crippen LogP contribution < -0.4 is 0 Å². The van der Waals surface area contributed by atoms with Crippen LogP contribution in [0.2, 0.25) is 0 Å². The average molecular weight is 264 g/mol. The van der Waals surface area contributed by atoms with E-state index in [0.29, 0.717) is 6.42 Å². The maximum Gasteiger partial charge on any atom is 0.119 e. The molecule has 1 atom stereocenters. The van der Waals surface area contributed by atoms with Gasteiger partial charge in [0.25, 0.3) is 0 Å². The van der Waals surface area contributed by atoms with Crippen molar-refractivity contribution in [3.8, 4) is 0 Å². The van der Waals surface area contributed by atoms with Gasteiger partial charge in [0.2, 0.25) is 0 Å². The molecule has 100 valence electrons. The molecule has 2 nitrogen and oxygen atoms in total. The molecule has 1 aliphatic rings. The van der Waals surface area contributed by atoms with E-state index >= 15 is 0 Å². The molecule has 2 N–H and O–H groups in total. The lowest BCUT2D eigenvalue weighted by Gasteiger charge is -2.33. The van der Waals surface area contributed by atoms with Crippen LogP contribution in [-0.4, -0.2) is 10.2 Å². The minimum atomic E-state index is -1.10. The van der Waals surface area contributed by atoms with Gasteiger partial charge < -0.3 is 10.2 Å². The number of benzene rings is 2. The van der Waals surface area contributed by atoms with Crippen molar-refractivity contribution in [3.63, 3.8) is 0 Å². The third-order valence-electron chi connectivity index (χ3n) is 3.68. The maximum atomic E-state index is 11.1. The normalized spacial score (nSPS) is 22.1. The summed E-state index contributed by atoms with van der Waals surface area (Å²) in [5, 5.41) is 20.9. The molecular formula is C18H16O2. The van der Waals surface area contributed by atoms with Crippen molar-refractivity contribution >= 4 is 5.57 Å². The summed E-state index contributed by atoms with van der Waals surface area (Å²) in [6, 6.07) is 19.2. The highest BCUT2D eigenvalue weighted by Crippen LogP contribution is 2.42. The summed E-state index contributed by atoms with van der Waals surface area (Å²) < 4.78 is 0. The van der Waals surface area contributed by atoms with E-state index in [0.717, 1.165) is 16.7 Å². The molecule has 0 heterocycles. The van der Waals surface area contributed by atoms with Crippen molar-refractivity contribution < 1.29 is 10.2 Å². The van der Waals surface area contributed by atoms with E-state index in [9.17, 15) is 10.2 Å². The van der Waals surface area contributed by atoms with E-state index in [2.05, 4.69) is 0 Å². The lowest BCUT2D eigenvalue weighted by molar-refractivity contribution is 0.101. The van der Waals surface area contributed by atoms with Gasteiger partial charge in [0.05, 0.1) is 0 Å². The number of rotatable bonds is 2. The van der Waals surface area contributed by atoms with Gasteiger partial charge in [-0.2, -0.15) is 0 Å². The zero-order chi connectivity index (χ0) is 14.0. The Balaban J connectivity index is 2.14. The molecule has 1 unspecified atom stereocenters. The van der Waals surface area contributed by atoms with Gasteiger partial charge in [-0.3, -0.25) is 0 Å². The molecule has 0 aliphatic heterocycles. The van der Waals surface area contributed by atoms with Crippen molar-refractivity contribution in [1.82, 2.24) is 0 Å². The molecule has 0 saturated heterocycles. The molecule has 3 rings (SSSR count). The Morgan fingerprint density at radius 3 is 2.10 bits per heavy atom. The number of allylic oxidation sites excluding steroid dienone is 1. The number of hydrogen-bond acceptors (Lipinski definition) is 2. The molecule has 0 saturated carbocycles. The van der Waals surface area contributed by atoms with Gasteiger partial charge in [0.15, 0.2) is 0 Å². The fourth-order valence-corrected chi connectivity index (χ4v) is 2.62. The first-order valence-electron chi connectivity index (χ1n) is 6.65. The Kier molecular flexibility index (Phi) is 3.17. The van der Waals surface area contributed by atoms with E-state index < -0.39 is 5.60 Å². The van der Waals surface area contributed by atoms with Gasteiger partial charge in [-0.1, -0.05) is 60.7 Å². The fraction of sp³-hybridized carbons (Fsp3) is 0.111. The zero-order valence-corrected chi connectivity index (χ0v) is 11.0. The van der Waals surface area contributed by atoms with Crippen LogP contribution in [0.5, 0.6) is 0 Å². The summed E-state index contributed by atoms with van der Waals surface area (Å²) in [4.78, 5) is 0. The van der Waals surface area contributed by atoms with E-state index in [1.54, 1.807) is 12.2 Å². The minimum absolute atomic E-state index is 0.199. The molecule has 2 aromatic rings. The van der Waals surface area contributed by atoms with Crippen LogP contribution in [0.15, 0.2) is 78.6 Å². The van der Waals surface area contributed by atoms with Crippen molar-refractivity contribution in [1.29, 1.82) is 0 Å². The summed E-state index contributed by atoms with van der Waals surface area (Å²) >= 11 is 0. The molecule has 1 aliphatic carbocycles. The van der Waals surface area contributed by atoms with Crippen LogP contribution in [0.25, 0.3) is 5.57 Å². The Bertz CT molecular complexity index is 656. The van der Waals surface area contributed by atoms with Crippen molar-refractivity contribution in [2.45, 2.75) is 12.0 Å². The average Bonchev–Trinajstić information content (AvgIpc) is 2.51. The Labute approximate surface area is 118 Å². The summed E-state index contributed by atoms with van der Waals surface area (Å²) in [5.41, 5.74) is 1.37. The van der Waals surface area contributed by atoms with Crippen molar-refractivity contribution in [3.05, 3.63) is 89.7 Å². The second-order valence-electron chi connectivity index (χ2n) is 4.98. The first-order chi connectivity index (χ1) is 9.70. The monoisotopic (exact) mass is 264 g/mol. The third kappa shape index (κ3) is 2.15. The van der Waals surface area contributed by atoms with Crippen LogP contribution in [-0.2, 0) is 5.60 Å². The fourth-order valence-electron chi connectivity index (χ4n) is 2.62. The van der Waals surface area contributed by atoms with Crippen molar-refractivity contribution in [2.24, 2.45) is 0 Å². The van der Waals surface area contributed by atoms with Gasteiger partial charge in [0, 0.05) is 6.42 Å². The molecule has 2 aromatic carbocycles. The third-order valence-corrected chi connectivity index (χ3v) is 3.68. The minimum Gasteiger partial charge on any atom is -0.508 e. The Morgan fingerprint density at radius 1 is 0.850 bits per heavy atom. The molecule has 0 spiro atoms. The predicted molar refractivity (Wildman–Crippen MR) is 80.1 cm³/mol. The molecule has 0 amide bonds. The quantitative estimate of drug-likeness (QED) is 0.866. The van der Waals surface area contributed by atoms with Gasteiger partial charge in [-0.05, 0) is 28.9 Å². The summed E-state index contributed by atoms with van der Waals surface area (Å²) in [6.45, 7) is 0. The number of aliphatic hydroxyl groups is 2. The van der Waals surface area contributed by atoms with Crippen LogP contribution in [0, 0.1) is 0 Å². The van der Waals surface area contributed by atoms with Crippen LogP contribution in [0.1, 0.15) is 17.5 Å². The van der Waals surface area contributed by atoms with E-state index in [1.165, 1.54) is 0 Å². The maximum absolute atomic E-state index is 11.1. The summed E-state index contributed by atoms with van der Waals surface area (Å²) in [5.74, 6) is 0.199. The highest BCUT2D eigenvalue weighted by Gasteiger charge is 2.35. The zero-order valence-electron chi connectivity index (χ0n) is 11.0. The van der Waals surface area contributed by atoms with Gasteiger partial charge >= 0.3 is 0 Å². The molecule has 0 fully saturated rings. The highest BCUT2D eigenvalue weighted by molar-refractivity contribution is 5.77. The Hall–Kier alpha value is -2.32. The van der Waals surface area contributed by atoms with Gasteiger partial charge in [0.1, 0.15) is 11.4 Å². The predicted octanol–water partition coefficient (Wildman–Crippen LogP) is 3.80. The summed E-state index contributed by atoms with van der Waals surface area (Å²) in [7, 11) is 0. The van der Waals surface area contributed by atoms with Gasteiger partial charge in [-0.15, -0.1) is 0 Å². The van der Waals surface area contributed by atoms with Crippen LogP contribution >= 0.6 is 0 Å². The van der Waals surface area contributed by atoms with Crippen LogP contribution in [0.3, 0.4) is 0 Å². The summed E-state index contributed by atoms with van der Waals surface area (Å²) in [6.07, 6.45) is 3.66. The second-order valence-corrected chi connectivity index (χ2v) is 4.98. The highest BCUT2D eigenvalue weighted by atomic mass is 16.3. The topological polar surface area (TPSA) is 40.5 Å². The number of hydrogen-bond donors (Lipinski definition) is 2. The Morgan fingerprint density at radius 2 is 1.45 bits per heavy atom. The number of aliphatic hydroxyl groups excluding tert-OH is 1. The lowest BCUT2D eigenvalue weighted by atomic mass is 9.77. The van der Waals surface area contributed by atoms with Crippen LogP contribution in [0.4, 0.5) is 0 Å². The van der Waals surface area contributed by atoms with E-state index in [-0.39, 0.29) is 5.76 Å². The van der Waals surface area contributed by atoms with E-state index in [1.807, 2.05) is 60.7 Å². The molecule has 0 aromatic heterocycles. The molecule has 0 radical (unpaired) electrons. The largest absolute Gasteiger partial charge is 0.508 e. The lowest BCUT2D eigenvalue weighted by Crippen LogP contribution is -2.29. The molecule has 20 heavy (non-hydrogen) atoms. The SMILES string of the molecule is OC1=CCC(O)(c2ccccc2)C(c2ccccc2)=C1. The smallest absolute Gasteiger partial charge is 0.119 e. The first kappa shape index (κ1) is 12.7. The standard InChI is InChI=1S/C18H16O2/c19-16-11-12-18(20,15-9-5-2-6-10-15)17(13-16)14-7-3-1-4-8-14/h1-11,13,19-20H,12H2. The van der Waals surface area contributed by atoms with Gasteiger partial charge in [-0.25, -0.2) is 0 Å². The van der Waals surface area contributed by atoms with E-state index in [4.69, 9.17) is 0 Å².